The number of fused-ring (bicyclic) bond motifs is 1. The predicted octanol–water partition coefficient (Wildman–Crippen LogP) is 5.73. The lowest BCUT2D eigenvalue weighted by Gasteiger charge is -2.09. The highest BCUT2D eigenvalue weighted by Crippen LogP contribution is 2.48. The molecule has 5 nitrogen and oxygen atoms in total. The molecule has 1 N–H and O–H groups in total. The predicted molar refractivity (Wildman–Crippen MR) is 128 cm³/mol. The van der Waals surface area contributed by atoms with E-state index >= 15 is 0 Å². The third kappa shape index (κ3) is 4.80. The van der Waals surface area contributed by atoms with Crippen LogP contribution in [-0.2, 0) is 11.2 Å². The largest absolute Gasteiger partial charge is 0.310 e. The van der Waals surface area contributed by atoms with Crippen LogP contribution >= 0.6 is 0 Å². The van der Waals surface area contributed by atoms with Crippen LogP contribution in [0.25, 0.3) is 16.7 Å². The van der Waals surface area contributed by atoms with Crippen molar-refractivity contribution >= 4 is 23.5 Å². The molecule has 6 heteroatoms. The molecule has 0 radical (unpaired) electrons. The van der Waals surface area contributed by atoms with Gasteiger partial charge in [0.05, 0.1) is 12.1 Å². The zero-order chi connectivity index (χ0) is 22.8. The Balaban J connectivity index is 1.21. The number of nitrogens with one attached hydrogen (secondary N) is 1. The highest BCUT2D eigenvalue weighted by molar-refractivity contribution is 5.91. The molecule has 2 atom stereocenters. The number of amides is 1. The van der Waals surface area contributed by atoms with Crippen LogP contribution in [0.5, 0.6) is 0 Å². The van der Waals surface area contributed by atoms with E-state index in [-0.39, 0.29) is 12.3 Å². The number of halogens is 1. The molecular formula is C27H23FN4O. The number of benzene rings is 1. The van der Waals surface area contributed by atoms with E-state index in [1.54, 1.807) is 18.5 Å². The summed E-state index contributed by atoms with van der Waals surface area (Å²) >= 11 is 0. The average molecular weight is 439 g/mol. The van der Waals surface area contributed by atoms with Crippen LogP contribution < -0.4 is 5.32 Å². The molecule has 1 amide bonds. The first kappa shape index (κ1) is 20.9. The van der Waals surface area contributed by atoms with Crippen LogP contribution in [0.3, 0.4) is 0 Å². The van der Waals surface area contributed by atoms with Gasteiger partial charge in [0.25, 0.3) is 0 Å². The number of aliphatic imine (C=N–C) groups is 1. The molecule has 1 fully saturated rings. The van der Waals surface area contributed by atoms with Gasteiger partial charge in [0.2, 0.25) is 5.91 Å². The van der Waals surface area contributed by atoms with Crippen LogP contribution in [0, 0.1) is 5.92 Å². The monoisotopic (exact) mass is 438 g/mol. The maximum absolute atomic E-state index is 13.5. The molecule has 2 aliphatic rings. The minimum atomic E-state index is -1.11. The first-order valence-electron chi connectivity index (χ1n) is 10.9. The molecule has 3 heterocycles. The van der Waals surface area contributed by atoms with E-state index in [9.17, 15) is 9.18 Å². The summed E-state index contributed by atoms with van der Waals surface area (Å²) in [6.07, 6.45) is 9.39. The van der Waals surface area contributed by atoms with Crippen molar-refractivity contribution in [1.29, 1.82) is 0 Å². The number of carbonyl (C=O) groups is 1. The van der Waals surface area contributed by atoms with Crippen molar-refractivity contribution in [3.05, 3.63) is 95.6 Å². The Morgan fingerprint density at radius 3 is 2.67 bits per heavy atom. The number of allylic oxidation sites excluding steroid dienone is 3. The fourth-order valence-corrected chi connectivity index (χ4v) is 3.97. The van der Waals surface area contributed by atoms with Crippen molar-refractivity contribution in [2.45, 2.75) is 25.9 Å². The minimum absolute atomic E-state index is 0.133. The van der Waals surface area contributed by atoms with Crippen molar-refractivity contribution in [2.75, 3.05) is 5.32 Å². The molecule has 164 valence electrons. The zero-order valence-electron chi connectivity index (χ0n) is 18.2. The number of aromatic nitrogens is 2. The standard InChI is InChI=1S/C27H23FN4O/c1-17(28)25-14-20(9-11-30-25)19-4-2-18(3-5-19)12-27(33)32-26-7-6-22(15-31-26)24-16-29-10-8-21-13-23(21)24/h2-11,14-17,23H,12-13H2,1H3,(H,31,32,33). The van der Waals surface area contributed by atoms with Gasteiger partial charge in [0.1, 0.15) is 12.0 Å². The van der Waals surface area contributed by atoms with Gasteiger partial charge in [0.15, 0.2) is 0 Å². The summed E-state index contributed by atoms with van der Waals surface area (Å²) in [6, 6.07) is 15.1. The summed E-state index contributed by atoms with van der Waals surface area (Å²) in [6.45, 7) is 1.47. The van der Waals surface area contributed by atoms with E-state index in [2.05, 4.69) is 26.4 Å². The number of rotatable bonds is 6. The normalized spacial score (nSPS) is 17.3. The molecule has 33 heavy (non-hydrogen) atoms. The molecule has 0 saturated heterocycles. The van der Waals surface area contributed by atoms with Gasteiger partial charge in [-0.15, -0.1) is 0 Å². The average Bonchev–Trinajstić information content (AvgIpc) is 3.61. The topological polar surface area (TPSA) is 67.2 Å². The number of carbonyl (C=O) groups excluding carboxylic acids is 1. The maximum Gasteiger partial charge on any atom is 0.229 e. The molecule has 1 aliphatic carbocycles. The van der Waals surface area contributed by atoms with Crippen LogP contribution in [0.2, 0.25) is 0 Å². The molecule has 5 rings (SSSR count). The number of hydrogen-bond acceptors (Lipinski definition) is 4. The smallest absolute Gasteiger partial charge is 0.229 e. The van der Waals surface area contributed by atoms with Gasteiger partial charge in [-0.25, -0.2) is 9.37 Å². The Bertz CT molecular complexity index is 1270. The highest BCUT2D eigenvalue weighted by Gasteiger charge is 2.34. The Kier molecular flexibility index (Phi) is 5.65. The molecule has 1 aromatic carbocycles. The fourth-order valence-electron chi connectivity index (χ4n) is 3.97. The van der Waals surface area contributed by atoms with Gasteiger partial charge < -0.3 is 5.32 Å². The number of alkyl halides is 1. The third-order valence-electron chi connectivity index (χ3n) is 5.90. The quantitative estimate of drug-likeness (QED) is 0.535. The van der Waals surface area contributed by atoms with Crippen molar-refractivity contribution in [2.24, 2.45) is 10.9 Å². The van der Waals surface area contributed by atoms with E-state index < -0.39 is 6.17 Å². The Hall–Kier alpha value is -3.93. The number of hydrogen-bond donors (Lipinski definition) is 1. The number of anilines is 1. The minimum Gasteiger partial charge on any atom is -0.310 e. The molecular weight excluding hydrogens is 415 g/mol. The summed E-state index contributed by atoms with van der Waals surface area (Å²) in [5.41, 5.74) is 6.73. The molecule has 0 spiro atoms. The Morgan fingerprint density at radius 1 is 1.09 bits per heavy atom. The van der Waals surface area contributed by atoms with Gasteiger partial charge in [-0.05, 0) is 71.5 Å². The second-order valence-corrected chi connectivity index (χ2v) is 8.32. The lowest BCUT2D eigenvalue weighted by atomic mass is 10.0. The van der Waals surface area contributed by atoms with E-state index in [1.165, 1.54) is 18.1 Å². The molecule has 1 aliphatic heterocycles. The van der Waals surface area contributed by atoms with E-state index in [4.69, 9.17) is 0 Å². The molecule has 1 saturated carbocycles. The second-order valence-electron chi connectivity index (χ2n) is 8.32. The Labute approximate surface area is 191 Å². The summed E-state index contributed by atoms with van der Waals surface area (Å²) in [5, 5.41) is 2.86. The SMILES string of the molecule is CC(F)c1cc(-c2ccc(CC(=O)Nc3ccc(C4=CN=CC=C5CC54)cn3)cc2)ccn1. The summed E-state index contributed by atoms with van der Waals surface area (Å²) in [7, 11) is 0. The van der Waals surface area contributed by atoms with Crippen LogP contribution in [0.1, 0.15) is 36.3 Å². The van der Waals surface area contributed by atoms with Crippen molar-refractivity contribution < 1.29 is 9.18 Å². The van der Waals surface area contributed by atoms with Crippen LogP contribution in [-0.4, -0.2) is 22.1 Å². The first-order valence-corrected chi connectivity index (χ1v) is 10.9. The van der Waals surface area contributed by atoms with E-state index in [0.29, 0.717) is 17.4 Å². The van der Waals surface area contributed by atoms with Gasteiger partial charge >= 0.3 is 0 Å². The number of nitrogens with zero attached hydrogens (tertiary/aromatic N) is 3. The van der Waals surface area contributed by atoms with Crippen molar-refractivity contribution in [3.63, 3.8) is 0 Å². The van der Waals surface area contributed by atoms with Gasteiger partial charge in [0, 0.05) is 30.7 Å². The zero-order valence-corrected chi connectivity index (χ0v) is 18.2. The third-order valence-corrected chi connectivity index (χ3v) is 5.90. The molecule has 0 bridgehead atoms. The lowest BCUT2D eigenvalue weighted by molar-refractivity contribution is -0.115. The maximum atomic E-state index is 13.5. The Morgan fingerprint density at radius 2 is 1.91 bits per heavy atom. The molecule has 2 aromatic heterocycles. The van der Waals surface area contributed by atoms with E-state index in [1.807, 2.05) is 54.9 Å². The highest BCUT2D eigenvalue weighted by atomic mass is 19.1. The second kappa shape index (κ2) is 8.90. The van der Waals surface area contributed by atoms with Crippen molar-refractivity contribution in [1.82, 2.24) is 9.97 Å². The summed E-state index contributed by atoms with van der Waals surface area (Å²) in [5.74, 6) is 0.831. The fraction of sp³-hybridized carbons (Fsp3) is 0.185. The van der Waals surface area contributed by atoms with Gasteiger partial charge in [-0.2, -0.15) is 0 Å². The van der Waals surface area contributed by atoms with E-state index in [0.717, 1.165) is 28.7 Å². The van der Waals surface area contributed by atoms with Gasteiger partial charge in [-0.1, -0.05) is 29.8 Å². The molecule has 2 unspecified atom stereocenters. The van der Waals surface area contributed by atoms with Crippen LogP contribution in [0.4, 0.5) is 10.2 Å². The summed E-state index contributed by atoms with van der Waals surface area (Å²) < 4.78 is 13.5. The first-order chi connectivity index (χ1) is 16.1. The van der Waals surface area contributed by atoms with Crippen LogP contribution in [0.15, 0.2) is 83.8 Å². The van der Waals surface area contributed by atoms with Crippen molar-refractivity contribution in [3.8, 4) is 11.1 Å². The summed E-state index contributed by atoms with van der Waals surface area (Å²) in [4.78, 5) is 25.3. The molecule has 3 aromatic rings. The number of pyridine rings is 2. The van der Waals surface area contributed by atoms with Gasteiger partial charge in [-0.3, -0.25) is 14.8 Å². The lowest BCUT2D eigenvalue weighted by Crippen LogP contribution is -2.15.